The van der Waals surface area contributed by atoms with Crippen molar-refractivity contribution in [1.82, 2.24) is 10.3 Å². The Morgan fingerprint density at radius 3 is 2.16 bits per heavy atom. The van der Waals surface area contributed by atoms with Crippen LogP contribution in [0.2, 0.25) is 0 Å². The van der Waals surface area contributed by atoms with Gasteiger partial charge in [-0.3, -0.25) is 4.79 Å². The second-order valence-electron chi connectivity index (χ2n) is 7.72. The molecule has 2 fully saturated rings. The number of nitrogens with two attached hydrogens (primary N) is 1. The Balaban J connectivity index is 0.000000171. The molecule has 1 aliphatic carbocycles. The molecular weight excluding hydrogens is 407 g/mol. The molecule has 0 radical (unpaired) electrons. The average Bonchev–Trinajstić information content (AvgIpc) is 3.30. The number of hydrogen-bond acceptors (Lipinski definition) is 3. The van der Waals surface area contributed by atoms with E-state index in [2.05, 4.69) is 10.3 Å². The predicted octanol–water partition coefficient (Wildman–Crippen LogP) is 3.86. The minimum Gasteiger partial charge on any atom is -0.392 e. The zero-order valence-electron chi connectivity index (χ0n) is 17.0. The number of β-amino-alcohol motifs (C(OH)–C–C–N with tert-alkyl or cyclic N) is 1. The van der Waals surface area contributed by atoms with Crippen molar-refractivity contribution in [2.75, 3.05) is 13.1 Å². The van der Waals surface area contributed by atoms with Gasteiger partial charge in [0.05, 0.1) is 11.6 Å². The van der Waals surface area contributed by atoms with Gasteiger partial charge in [0.15, 0.2) is 0 Å². The van der Waals surface area contributed by atoms with Crippen molar-refractivity contribution in [3.63, 3.8) is 0 Å². The summed E-state index contributed by atoms with van der Waals surface area (Å²) in [5.41, 5.74) is 6.54. The number of hydrogen-bond donors (Lipinski definition) is 4. The zero-order valence-corrected chi connectivity index (χ0v) is 17.0. The highest BCUT2D eigenvalue weighted by Gasteiger charge is 2.22. The number of fused-ring (bicyclic) bond motifs is 1. The van der Waals surface area contributed by atoms with E-state index in [1.807, 2.05) is 0 Å². The van der Waals surface area contributed by atoms with Crippen molar-refractivity contribution in [2.24, 2.45) is 11.7 Å². The van der Waals surface area contributed by atoms with Gasteiger partial charge in [0.25, 0.3) is 0 Å². The maximum atomic E-state index is 13.5. The number of aliphatic hydroxyl groups excluding tert-OH is 1. The van der Waals surface area contributed by atoms with Crippen LogP contribution in [-0.2, 0) is 4.79 Å². The third-order valence-electron chi connectivity index (χ3n) is 5.34. The summed E-state index contributed by atoms with van der Waals surface area (Å²) in [4.78, 5) is 13.1. The van der Waals surface area contributed by atoms with Gasteiger partial charge in [0, 0.05) is 29.6 Å². The molecule has 3 aromatic rings. The third-order valence-corrected chi connectivity index (χ3v) is 5.34. The van der Waals surface area contributed by atoms with Crippen LogP contribution in [-0.4, -0.2) is 35.2 Å². The van der Waals surface area contributed by atoms with E-state index in [9.17, 15) is 18.0 Å². The summed E-state index contributed by atoms with van der Waals surface area (Å²) in [5.74, 6) is -1.50. The number of primary amides is 1. The Hall–Kier alpha value is -2.84. The van der Waals surface area contributed by atoms with Crippen LogP contribution in [0.4, 0.5) is 13.2 Å². The van der Waals surface area contributed by atoms with Crippen LogP contribution in [0.15, 0.2) is 42.5 Å². The van der Waals surface area contributed by atoms with E-state index in [0.29, 0.717) is 16.6 Å². The Morgan fingerprint density at radius 1 is 1.00 bits per heavy atom. The fraction of sp³-hybridized carbons (Fsp3) is 0.348. The average molecular weight is 433 g/mol. The topological polar surface area (TPSA) is 91.1 Å². The second-order valence-corrected chi connectivity index (χ2v) is 7.72. The first kappa shape index (κ1) is 22.8. The Bertz CT molecular complexity index is 1010. The molecule has 1 atom stereocenters. The highest BCUT2D eigenvalue weighted by molar-refractivity contribution is 5.86. The first-order valence-corrected chi connectivity index (χ1v) is 10.3. The van der Waals surface area contributed by atoms with Gasteiger partial charge in [-0.1, -0.05) is 6.42 Å². The van der Waals surface area contributed by atoms with E-state index in [1.54, 1.807) is 18.2 Å². The lowest BCUT2D eigenvalue weighted by atomic mass is 9.85. The van der Waals surface area contributed by atoms with Crippen molar-refractivity contribution in [1.29, 1.82) is 0 Å². The normalized spacial score (nSPS) is 17.9. The van der Waals surface area contributed by atoms with Gasteiger partial charge in [-0.2, -0.15) is 0 Å². The van der Waals surface area contributed by atoms with E-state index in [-0.39, 0.29) is 29.3 Å². The Morgan fingerprint density at radius 2 is 1.71 bits per heavy atom. The zero-order chi connectivity index (χ0) is 22.4. The number of carbonyl (C=O) groups is 1. The van der Waals surface area contributed by atoms with Gasteiger partial charge in [-0.25, -0.2) is 13.2 Å². The molecule has 1 unspecified atom stereocenters. The number of H-pyrrole nitrogens is 1. The first-order valence-electron chi connectivity index (χ1n) is 10.3. The number of carbonyl (C=O) groups excluding carboxylic acids is 1. The number of halogens is 3. The molecule has 8 heteroatoms. The Labute approximate surface area is 178 Å². The van der Waals surface area contributed by atoms with E-state index < -0.39 is 11.6 Å². The quantitative estimate of drug-likeness (QED) is 0.495. The summed E-state index contributed by atoms with van der Waals surface area (Å²) in [6.45, 7) is 1.78. The lowest BCUT2D eigenvalue weighted by Gasteiger charge is -2.20. The van der Waals surface area contributed by atoms with E-state index in [1.165, 1.54) is 24.6 Å². The molecular formula is C23H26F3N3O2. The van der Waals surface area contributed by atoms with Crippen molar-refractivity contribution in [2.45, 2.75) is 31.8 Å². The molecule has 1 saturated carbocycles. The van der Waals surface area contributed by atoms with E-state index >= 15 is 0 Å². The van der Waals surface area contributed by atoms with Crippen LogP contribution >= 0.6 is 0 Å². The minimum atomic E-state index is -0.640. The SMILES string of the molecule is Fc1ccc(-c2cc3cc(F)cc(F)c3[nH]2)cc1.NC(=O)C1CCC1.OC1CCNC1. The summed E-state index contributed by atoms with van der Waals surface area (Å²) in [7, 11) is 0. The molecule has 1 aromatic heterocycles. The van der Waals surface area contributed by atoms with Gasteiger partial charge in [0.2, 0.25) is 5.91 Å². The second kappa shape index (κ2) is 10.5. The van der Waals surface area contributed by atoms with Gasteiger partial charge in [-0.15, -0.1) is 0 Å². The number of aromatic amines is 1. The number of nitrogens with one attached hydrogen (secondary N) is 2. The molecule has 2 heterocycles. The largest absolute Gasteiger partial charge is 0.392 e. The van der Waals surface area contributed by atoms with Crippen molar-refractivity contribution < 1.29 is 23.1 Å². The van der Waals surface area contributed by atoms with Gasteiger partial charge < -0.3 is 21.1 Å². The molecule has 5 N–H and O–H groups in total. The maximum absolute atomic E-state index is 13.5. The number of benzene rings is 2. The van der Waals surface area contributed by atoms with Crippen LogP contribution in [0.3, 0.4) is 0 Å². The fourth-order valence-corrected chi connectivity index (χ4v) is 3.28. The number of rotatable bonds is 2. The lowest BCUT2D eigenvalue weighted by Crippen LogP contribution is -2.28. The molecule has 1 saturated heterocycles. The fourth-order valence-electron chi connectivity index (χ4n) is 3.28. The van der Waals surface area contributed by atoms with Crippen LogP contribution in [0.25, 0.3) is 22.2 Å². The van der Waals surface area contributed by atoms with Crippen molar-refractivity contribution >= 4 is 16.8 Å². The van der Waals surface area contributed by atoms with Gasteiger partial charge >= 0.3 is 0 Å². The molecule has 166 valence electrons. The monoisotopic (exact) mass is 433 g/mol. The van der Waals surface area contributed by atoms with Crippen molar-refractivity contribution in [3.05, 3.63) is 59.9 Å². The summed E-state index contributed by atoms with van der Waals surface area (Å²) in [5, 5.41) is 12.1. The van der Waals surface area contributed by atoms with Crippen LogP contribution in [0, 0.1) is 23.4 Å². The molecule has 5 rings (SSSR count). The highest BCUT2D eigenvalue weighted by atomic mass is 19.1. The van der Waals surface area contributed by atoms with Crippen LogP contribution in [0.5, 0.6) is 0 Å². The molecule has 2 aromatic carbocycles. The maximum Gasteiger partial charge on any atom is 0.220 e. The smallest absolute Gasteiger partial charge is 0.220 e. The number of amides is 1. The molecule has 0 bridgehead atoms. The standard InChI is InChI=1S/C14H8F3N.C5H9NO.C4H9NO/c15-10-3-1-8(2-4-10)13-6-9-5-11(16)7-12(17)14(9)18-13;6-5(7)4-2-1-3-4;6-4-1-2-5-3-4/h1-7,18H;4H,1-3H2,(H2,6,7);4-6H,1-3H2. The highest BCUT2D eigenvalue weighted by Crippen LogP contribution is 2.27. The first-order chi connectivity index (χ1) is 14.8. The Kier molecular flexibility index (Phi) is 7.70. The summed E-state index contributed by atoms with van der Waals surface area (Å²) >= 11 is 0. The predicted molar refractivity (Wildman–Crippen MR) is 114 cm³/mol. The molecule has 1 aliphatic heterocycles. The molecule has 0 spiro atoms. The van der Waals surface area contributed by atoms with Crippen LogP contribution < -0.4 is 11.1 Å². The minimum absolute atomic E-state index is 0.0648. The molecule has 31 heavy (non-hydrogen) atoms. The lowest BCUT2D eigenvalue weighted by molar-refractivity contribution is -0.124. The third kappa shape index (κ3) is 6.32. The van der Waals surface area contributed by atoms with Gasteiger partial charge in [0.1, 0.15) is 17.5 Å². The van der Waals surface area contributed by atoms with E-state index in [4.69, 9.17) is 10.8 Å². The summed E-state index contributed by atoms with van der Waals surface area (Å²) in [6.07, 6.45) is 4.10. The molecule has 1 amide bonds. The van der Waals surface area contributed by atoms with Crippen LogP contribution in [0.1, 0.15) is 25.7 Å². The summed E-state index contributed by atoms with van der Waals surface area (Å²) < 4.78 is 39.4. The number of aliphatic hydroxyl groups is 1. The number of aromatic nitrogens is 1. The van der Waals surface area contributed by atoms with E-state index in [0.717, 1.165) is 38.4 Å². The van der Waals surface area contributed by atoms with Crippen molar-refractivity contribution in [3.8, 4) is 11.3 Å². The molecule has 5 nitrogen and oxygen atoms in total. The summed E-state index contributed by atoms with van der Waals surface area (Å²) in [6, 6.07) is 9.50. The molecule has 2 aliphatic rings. The van der Waals surface area contributed by atoms with Gasteiger partial charge in [-0.05, 0) is 67.8 Å².